The van der Waals surface area contributed by atoms with Gasteiger partial charge in [0.15, 0.2) is 0 Å². The van der Waals surface area contributed by atoms with E-state index in [4.69, 9.17) is 4.74 Å². The van der Waals surface area contributed by atoms with Crippen LogP contribution in [0.2, 0.25) is 0 Å². The van der Waals surface area contributed by atoms with Crippen molar-refractivity contribution in [3.05, 3.63) is 58.1 Å². The number of rotatable bonds is 8. The highest BCUT2D eigenvalue weighted by Gasteiger charge is 2.47. The first-order valence-electron chi connectivity index (χ1n) is 8.52. The van der Waals surface area contributed by atoms with Crippen LogP contribution in [-0.2, 0) is 9.84 Å². The van der Waals surface area contributed by atoms with Gasteiger partial charge in [-0.2, -0.15) is 13.2 Å². The second kappa shape index (κ2) is 8.88. The van der Waals surface area contributed by atoms with Crippen LogP contribution in [0.5, 0.6) is 5.75 Å². The van der Waals surface area contributed by atoms with Crippen LogP contribution in [0.4, 0.5) is 24.5 Å². The molecule has 0 spiro atoms. The van der Waals surface area contributed by atoms with E-state index in [1.165, 1.54) is 7.11 Å². The molecule has 0 amide bonds. The fraction of sp³-hybridized carbons (Fsp3) is 0.333. The van der Waals surface area contributed by atoms with Crippen LogP contribution in [0.15, 0.2) is 47.4 Å². The van der Waals surface area contributed by atoms with Crippen LogP contribution in [0.3, 0.4) is 0 Å². The number of methoxy groups -OCH3 is 1. The smallest absolute Gasteiger partial charge is 0.497 e. The molecule has 2 rings (SSSR count). The van der Waals surface area contributed by atoms with Crippen LogP contribution >= 0.6 is 0 Å². The van der Waals surface area contributed by atoms with Crippen LogP contribution in [0.25, 0.3) is 0 Å². The molecule has 0 aliphatic heterocycles. The minimum Gasteiger partial charge on any atom is -0.497 e. The first-order chi connectivity index (χ1) is 13.9. The van der Waals surface area contributed by atoms with Crippen molar-refractivity contribution >= 4 is 21.2 Å². The van der Waals surface area contributed by atoms with Gasteiger partial charge in [0.25, 0.3) is 15.5 Å². The number of nitro groups is 1. The van der Waals surface area contributed by atoms with E-state index in [9.17, 15) is 31.7 Å². The van der Waals surface area contributed by atoms with Crippen molar-refractivity contribution < 1.29 is 31.2 Å². The Bertz CT molecular complexity index is 1010. The van der Waals surface area contributed by atoms with Gasteiger partial charge in [-0.25, -0.2) is 8.42 Å². The number of benzene rings is 2. The largest absolute Gasteiger partial charge is 0.501 e. The Morgan fingerprint density at radius 3 is 2.23 bits per heavy atom. The van der Waals surface area contributed by atoms with Crippen molar-refractivity contribution in [2.45, 2.75) is 16.4 Å². The number of hydrogen-bond acceptors (Lipinski definition) is 7. The van der Waals surface area contributed by atoms with Gasteiger partial charge in [-0.15, -0.1) is 0 Å². The molecule has 1 N–H and O–H groups in total. The quantitative estimate of drug-likeness (QED) is 0.487. The lowest BCUT2D eigenvalue weighted by Crippen LogP contribution is -2.27. The number of ether oxygens (including phenoxy) is 1. The second-order valence-corrected chi connectivity index (χ2v) is 8.46. The standard InChI is InChI=1S/C18H20F3N3O5S/c1-23(2)17(12-4-6-13(29-3)7-5-12)11-22-15-9-8-14(10-16(15)24(25)26)30(27,28)18(19,20)21/h4-10,17,22H,11H2,1-3H3/t17-/m0/s1. The van der Waals surface area contributed by atoms with Crippen molar-refractivity contribution in [3.63, 3.8) is 0 Å². The van der Waals surface area contributed by atoms with Crippen LogP contribution in [-0.4, -0.2) is 51.5 Å². The Kier molecular flexibility index (Phi) is 6.93. The van der Waals surface area contributed by atoms with Crippen molar-refractivity contribution in [2.75, 3.05) is 33.1 Å². The number of anilines is 1. The molecule has 0 fully saturated rings. The van der Waals surface area contributed by atoms with Gasteiger partial charge in [-0.05, 0) is 43.9 Å². The average molecular weight is 447 g/mol. The summed E-state index contributed by atoms with van der Waals surface area (Å²) in [5, 5.41) is 14.2. The third-order valence-corrected chi connectivity index (χ3v) is 5.87. The lowest BCUT2D eigenvalue weighted by atomic mass is 10.1. The molecule has 0 saturated heterocycles. The van der Waals surface area contributed by atoms with E-state index in [1.807, 2.05) is 17.0 Å². The summed E-state index contributed by atoms with van der Waals surface area (Å²) in [4.78, 5) is 11.1. The first kappa shape index (κ1) is 23.4. The zero-order chi connectivity index (χ0) is 22.7. The summed E-state index contributed by atoms with van der Waals surface area (Å²) in [6.07, 6.45) is 0. The fourth-order valence-electron chi connectivity index (χ4n) is 2.74. The summed E-state index contributed by atoms with van der Waals surface area (Å²) in [7, 11) is -0.575. The highest BCUT2D eigenvalue weighted by Crippen LogP contribution is 2.35. The van der Waals surface area contributed by atoms with Gasteiger partial charge in [-0.1, -0.05) is 12.1 Å². The molecule has 12 heteroatoms. The van der Waals surface area contributed by atoms with Gasteiger partial charge < -0.3 is 15.0 Å². The van der Waals surface area contributed by atoms with Gasteiger partial charge in [-0.3, -0.25) is 10.1 Å². The summed E-state index contributed by atoms with van der Waals surface area (Å²) >= 11 is 0. The second-order valence-electron chi connectivity index (χ2n) is 6.52. The molecular weight excluding hydrogens is 427 g/mol. The normalized spacial score (nSPS) is 13.2. The SMILES string of the molecule is COc1ccc([C@H](CNc2ccc(S(=O)(=O)C(F)(F)F)cc2[N+](=O)[O-])N(C)C)cc1. The number of sulfone groups is 1. The number of halogens is 3. The molecule has 30 heavy (non-hydrogen) atoms. The molecule has 2 aromatic carbocycles. The van der Waals surface area contributed by atoms with Gasteiger partial charge in [0.1, 0.15) is 11.4 Å². The molecule has 0 aromatic heterocycles. The van der Waals surface area contributed by atoms with E-state index >= 15 is 0 Å². The number of hydrogen-bond donors (Lipinski definition) is 1. The van der Waals surface area contributed by atoms with E-state index in [-0.39, 0.29) is 18.3 Å². The Hall–Kier alpha value is -2.86. The predicted molar refractivity (Wildman–Crippen MR) is 104 cm³/mol. The van der Waals surface area contributed by atoms with E-state index in [1.54, 1.807) is 26.2 Å². The molecule has 164 valence electrons. The van der Waals surface area contributed by atoms with Crippen molar-refractivity contribution in [2.24, 2.45) is 0 Å². The molecular formula is C18H20F3N3O5S. The summed E-state index contributed by atoms with van der Waals surface area (Å²) < 4.78 is 66.5. The maximum Gasteiger partial charge on any atom is 0.501 e. The molecule has 0 aliphatic rings. The lowest BCUT2D eigenvalue weighted by molar-refractivity contribution is -0.384. The summed E-state index contributed by atoms with van der Waals surface area (Å²) in [6.45, 7) is 0.172. The molecule has 0 heterocycles. The van der Waals surface area contributed by atoms with E-state index < -0.39 is 30.9 Å². The molecule has 0 unspecified atom stereocenters. The van der Waals surface area contributed by atoms with Gasteiger partial charge in [0, 0.05) is 12.6 Å². The molecule has 0 radical (unpaired) electrons. The molecule has 8 nitrogen and oxygen atoms in total. The Morgan fingerprint density at radius 2 is 1.77 bits per heavy atom. The van der Waals surface area contributed by atoms with Gasteiger partial charge >= 0.3 is 5.51 Å². The first-order valence-corrected chi connectivity index (χ1v) is 10.0. The van der Waals surface area contributed by atoms with Crippen molar-refractivity contribution in [1.29, 1.82) is 0 Å². The topological polar surface area (TPSA) is 102 Å². The van der Waals surface area contributed by atoms with Crippen LogP contribution in [0, 0.1) is 10.1 Å². The van der Waals surface area contributed by atoms with Gasteiger partial charge in [0.05, 0.1) is 23.0 Å². The lowest BCUT2D eigenvalue weighted by Gasteiger charge is -2.25. The Balaban J connectivity index is 2.33. The number of nitrogens with zero attached hydrogens (tertiary/aromatic N) is 2. The monoisotopic (exact) mass is 447 g/mol. The minimum atomic E-state index is -5.70. The zero-order valence-corrected chi connectivity index (χ0v) is 17.1. The number of likely N-dealkylation sites (N-methyl/N-ethyl adjacent to an activating group) is 1. The average Bonchev–Trinajstić information content (AvgIpc) is 2.67. The molecule has 0 bridgehead atoms. The van der Waals surface area contributed by atoms with E-state index in [0.29, 0.717) is 17.9 Å². The maximum atomic E-state index is 12.7. The molecule has 1 atom stereocenters. The molecule has 2 aromatic rings. The van der Waals surface area contributed by atoms with E-state index in [0.717, 1.165) is 11.6 Å². The summed E-state index contributed by atoms with van der Waals surface area (Å²) in [6, 6.07) is 8.96. The summed E-state index contributed by atoms with van der Waals surface area (Å²) in [5.74, 6) is 0.654. The highest BCUT2D eigenvalue weighted by molar-refractivity contribution is 7.92. The fourth-order valence-corrected chi connectivity index (χ4v) is 3.53. The third kappa shape index (κ3) is 5.00. The van der Waals surface area contributed by atoms with E-state index in [2.05, 4.69) is 5.32 Å². The van der Waals surface area contributed by atoms with Crippen molar-refractivity contribution in [3.8, 4) is 5.75 Å². The third-order valence-electron chi connectivity index (χ3n) is 4.39. The molecule has 0 aliphatic carbocycles. The molecule has 0 saturated carbocycles. The summed E-state index contributed by atoms with van der Waals surface area (Å²) in [5.41, 5.74) is -5.55. The number of nitrogens with one attached hydrogen (secondary N) is 1. The number of nitro benzene ring substituents is 1. The van der Waals surface area contributed by atoms with Crippen LogP contribution in [0.1, 0.15) is 11.6 Å². The zero-order valence-electron chi connectivity index (χ0n) is 16.3. The Morgan fingerprint density at radius 1 is 1.17 bits per heavy atom. The van der Waals surface area contributed by atoms with Crippen LogP contribution < -0.4 is 10.1 Å². The Labute approximate surface area is 171 Å². The number of alkyl halides is 3. The highest BCUT2D eigenvalue weighted by atomic mass is 32.2. The minimum absolute atomic E-state index is 0.0958. The van der Waals surface area contributed by atoms with Gasteiger partial charge in [0.2, 0.25) is 0 Å². The maximum absolute atomic E-state index is 12.7. The predicted octanol–water partition coefficient (Wildman–Crippen LogP) is 3.61. The van der Waals surface area contributed by atoms with Crippen molar-refractivity contribution in [1.82, 2.24) is 4.90 Å².